The van der Waals surface area contributed by atoms with Crippen LogP contribution in [-0.4, -0.2) is 33.3 Å². The number of hydrogen-bond donors (Lipinski definition) is 1. The quantitative estimate of drug-likeness (QED) is 0.682. The lowest BCUT2D eigenvalue weighted by Gasteiger charge is -2.22. The maximum atomic E-state index is 13.2. The van der Waals surface area contributed by atoms with Gasteiger partial charge in [-0.25, -0.2) is 13.1 Å². The van der Waals surface area contributed by atoms with Crippen molar-refractivity contribution in [2.75, 3.05) is 14.1 Å². The minimum atomic E-state index is -4.84. The number of nitrogens with one attached hydrogen (secondary N) is 1. The average Bonchev–Trinajstić information content (AvgIpc) is 2.60. The molecule has 0 saturated heterocycles. The van der Waals surface area contributed by atoms with Crippen molar-refractivity contribution in [2.45, 2.75) is 23.5 Å². The number of sulfonamides is 1. The van der Waals surface area contributed by atoms with Gasteiger partial charge in [-0.05, 0) is 29.8 Å². The summed E-state index contributed by atoms with van der Waals surface area (Å²) in [6.07, 6.45) is -5.09. The second-order valence-electron chi connectivity index (χ2n) is 6.22. The largest absolute Gasteiger partial charge is 0.417 e. The van der Waals surface area contributed by atoms with Gasteiger partial charge in [0.15, 0.2) is 0 Å². The van der Waals surface area contributed by atoms with Gasteiger partial charge in [0.2, 0.25) is 15.9 Å². The highest BCUT2D eigenvalue weighted by Gasteiger charge is 2.37. The van der Waals surface area contributed by atoms with E-state index >= 15 is 0 Å². The van der Waals surface area contributed by atoms with Gasteiger partial charge in [0.1, 0.15) is 0 Å². The Hall–Kier alpha value is -1.91. The van der Waals surface area contributed by atoms with Crippen LogP contribution in [0, 0.1) is 0 Å². The van der Waals surface area contributed by atoms with E-state index in [1.807, 2.05) is 0 Å². The van der Waals surface area contributed by atoms with Crippen molar-refractivity contribution >= 4 is 31.9 Å². The van der Waals surface area contributed by atoms with Crippen LogP contribution in [0.25, 0.3) is 0 Å². The molecule has 28 heavy (non-hydrogen) atoms. The molecule has 1 N–H and O–H groups in total. The summed E-state index contributed by atoms with van der Waals surface area (Å²) in [6.45, 7) is 0. The van der Waals surface area contributed by atoms with Crippen LogP contribution in [0.4, 0.5) is 13.2 Å². The maximum Gasteiger partial charge on any atom is 0.417 e. The summed E-state index contributed by atoms with van der Waals surface area (Å²) >= 11 is 3.27. The number of nitrogens with zero attached hydrogens (tertiary/aromatic N) is 1. The van der Waals surface area contributed by atoms with Crippen molar-refractivity contribution in [1.29, 1.82) is 0 Å². The first-order chi connectivity index (χ1) is 12.9. The maximum absolute atomic E-state index is 13.2. The zero-order valence-electron chi connectivity index (χ0n) is 15.0. The van der Waals surface area contributed by atoms with Crippen molar-refractivity contribution in [3.8, 4) is 0 Å². The number of carbonyl (C=O) groups excluding carboxylic acids is 1. The van der Waals surface area contributed by atoms with Gasteiger partial charge in [0.05, 0.1) is 16.5 Å². The molecule has 2 aromatic carbocycles. The van der Waals surface area contributed by atoms with Gasteiger partial charge < -0.3 is 4.90 Å². The van der Waals surface area contributed by atoms with E-state index in [4.69, 9.17) is 0 Å². The van der Waals surface area contributed by atoms with Crippen molar-refractivity contribution < 1.29 is 26.4 Å². The molecule has 0 aromatic heterocycles. The van der Waals surface area contributed by atoms with Gasteiger partial charge in [-0.3, -0.25) is 4.79 Å². The molecule has 152 valence electrons. The number of halogens is 4. The molecule has 1 amide bonds. The zero-order chi connectivity index (χ0) is 21.1. The predicted molar refractivity (Wildman–Crippen MR) is 102 cm³/mol. The molecule has 10 heteroatoms. The number of carbonyl (C=O) groups is 1. The van der Waals surface area contributed by atoms with Crippen LogP contribution < -0.4 is 4.72 Å². The Balaban J connectivity index is 2.47. The number of benzene rings is 2. The first kappa shape index (κ1) is 22.4. The molecular formula is C18H18BrF3N2O3S. The third-order valence-corrected chi connectivity index (χ3v) is 5.93. The number of rotatable bonds is 6. The lowest BCUT2D eigenvalue weighted by molar-refractivity contribution is -0.140. The summed E-state index contributed by atoms with van der Waals surface area (Å²) in [4.78, 5) is 12.6. The topological polar surface area (TPSA) is 66.5 Å². The molecule has 0 spiro atoms. The SMILES string of the molecule is CN(C)C(=O)CC(NS(=O)(=O)c1ccccc1C(F)(F)F)c1cccc(Br)c1. The lowest BCUT2D eigenvalue weighted by atomic mass is 10.0. The Morgan fingerprint density at radius 2 is 1.79 bits per heavy atom. The Morgan fingerprint density at radius 3 is 2.36 bits per heavy atom. The first-order valence-electron chi connectivity index (χ1n) is 8.06. The van der Waals surface area contributed by atoms with E-state index in [2.05, 4.69) is 20.7 Å². The van der Waals surface area contributed by atoms with Crippen molar-refractivity contribution in [2.24, 2.45) is 0 Å². The number of amides is 1. The molecule has 5 nitrogen and oxygen atoms in total. The Kier molecular flexibility index (Phi) is 6.89. The van der Waals surface area contributed by atoms with Gasteiger partial charge in [0, 0.05) is 25.0 Å². The van der Waals surface area contributed by atoms with Crippen LogP contribution in [0.3, 0.4) is 0 Å². The Labute approximate surface area is 169 Å². The zero-order valence-corrected chi connectivity index (χ0v) is 17.4. The van der Waals surface area contributed by atoms with E-state index in [1.165, 1.54) is 25.1 Å². The van der Waals surface area contributed by atoms with E-state index < -0.39 is 32.7 Å². The minimum Gasteiger partial charge on any atom is -0.349 e. The summed E-state index contributed by atoms with van der Waals surface area (Å²) < 4.78 is 68.2. The lowest BCUT2D eigenvalue weighted by Crippen LogP contribution is -2.34. The fraction of sp³-hybridized carbons (Fsp3) is 0.278. The number of hydrogen-bond acceptors (Lipinski definition) is 3. The van der Waals surface area contributed by atoms with Crippen LogP contribution in [0.5, 0.6) is 0 Å². The van der Waals surface area contributed by atoms with Gasteiger partial charge in [-0.1, -0.05) is 40.2 Å². The highest BCUT2D eigenvalue weighted by molar-refractivity contribution is 9.10. The standard InChI is InChI=1S/C18H18BrF3N2O3S/c1-24(2)17(25)11-15(12-6-5-7-13(19)10-12)23-28(26,27)16-9-4-3-8-14(16)18(20,21)22/h3-10,15,23H,11H2,1-2H3. The van der Waals surface area contributed by atoms with E-state index in [9.17, 15) is 26.4 Å². The van der Waals surface area contributed by atoms with Gasteiger partial charge >= 0.3 is 6.18 Å². The second-order valence-corrected chi connectivity index (χ2v) is 8.81. The van der Waals surface area contributed by atoms with Crippen LogP contribution in [0.15, 0.2) is 57.9 Å². The molecule has 0 fully saturated rings. The summed E-state index contributed by atoms with van der Waals surface area (Å²) in [7, 11) is -1.55. The Morgan fingerprint density at radius 1 is 1.14 bits per heavy atom. The highest BCUT2D eigenvalue weighted by atomic mass is 79.9. The molecule has 0 bridgehead atoms. The Bertz CT molecular complexity index is 963. The summed E-state index contributed by atoms with van der Waals surface area (Å²) in [5.74, 6) is -0.378. The molecule has 0 heterocycles. The van der Waals surface area contributed by atoms with E-state index in [0.717, 1.165) is 12.1 Å². The second kappa shape index (κ2) is 8.62. The number of alkyl halides is 3. The van der Waals surface area contributed by atoms with Crippen LogP contribution in [-0.2, 0) is 21.0 Å². The van der Waals surface area contributed by atoms with Crippen molar-refractivity contribution in [1.82, 2.24) is 9.62 Å². The smallest absolute Gasteiger partial charge is 0.349 e. The summed E-state index contributed by atoms with van der Waals surface area (Å²) in [5, 5.41) is 0. The van der Waals surface area contributed by atoms with E-state index in [1.54, 1.807) is 24.3 Å². The molecule has 0 aliphatic rings. The third kappa shape index (κ3) is 5.55. The van der Waals surface area contributed by atoms with Gasteiger partial charge in [-0.2, -0.15) is 13.2 Å². The normalized spacial score (nSPS) is 13.2. The fourth-order valence-corrected chi connectivity index (χ4v) is 4.36. The summed E-state index contributed by atoms with van der Waals surface area (Å²) in [5.41, 5.74) is -0.827. The first-order valence-corrected chi connectivity index (χ1v) is 10.3. The average molecular weight is 479 g/mol. The molecular weight excluding hydrogens is 461 g/mol. The van der Waals surface area contributed by atoms with Gasteiger partial charge in [0.25, 0.3) is 0 Å². The molecule has 2 rings (SSSR count). The molecule has 2 aromatic rings. The molecule has 0 radical (unpaired) electrons. The molecule has 1 atom stereocenters. The fourth-order valence-electron chi connectivity index (χ4n) is 2.49. The van der Waals surface area contributed by atoms with Crippen LogP contribution in [0.1, 0.15) is 23.6 Å². The monoisotopic (exact) mass is 478 g/mol. The predicted octanol–water partition coefficient (Wildman–Crippen LogP) is 3.97. The van der Waals surface area contributed by atoms with Gasteiger partial charge in [-0.15, -0.1) is 0 Å². The van der Waals surface area contributed by atoms with Crippen molar-refractivity contribution in [3.63, 3.8) is 0 Å². The third-order valence-electron chi connectivity index (χ3n) is 3.91. The van der Waals surface area contributed by atoms with E-state index in [-0.39, 0.29) is 12.3 Å². The van der Waals surface area contributed by atoms with E-state index in [0.29, 0.717) is 16.1 Å². The minimum absolute atomic E-state index is 0.253. The molecule has 0 aliphatic heterocycles. The van der Waals surface area contributed by atoms with Crippen LogP contribution in [0.2, 0.25) is 0 Å². The molecule has 0 aliphatic carbocycles. The molecule has 1 unspecified atom stereocenters. The highest BCUT2D eigenvalue weighted by Crippen LogP contribution is 2.34. The van der Waals surface area contributed by atoms with Crippen LogP contribution >= 0.6 is 15.9 Å². The van der Waals surface area contributed by atoms with Crippen molar-refractivity contribution in [3.05, 3.63) is 64.1 Å². The summed E-state index contributed by atoms with van der Waals surface area (Å²) in [6, 6.07) is 9.42. The molecule has 0 saturated carbocycles.